The van der Waals surface area contributed by atoms with Crippen molar-refractivity contribution in [3.8, 4) is 5.75 Å². The van der Waals surface area contributed by atoms with Crippen LogP contribution in [-0.2, 0) is 0 Å². The molecule has 0 radical (unpaired) electrons. The van der Waals surface area contributed by atoms with Crippen LogP contribution in [0, 0.1) is 12.7 Å². The molecule has 0 bridgehead atoms. The van der Waals surface area contributed by atoms with Crippen molar-refractivity contribution in [2.45, 2.75) is 19.4 Å². The lowest BCUT2D eigenvalue weighted by molar-refractivity contribution is 0.102. The van der Waals surface area contributed by atoms with Crippen molar-refractivity contribution in [3.63, 3.8) is 0 Å². The summed E-state index contributed by atoms with van der Waals surface area (Å²) in [5.74, 6) is -0.385. The number of carbonyl (C=O) groups excluding carboxylic acids is 1. The third-order valence-electron chi connectivity index (χ3n) is 4.03. The fourth-order valence-corrected chi connectivity index (χ4v) is 2.82. The van der Waals surface area contributed by atoms with Crippen LogP contribution in [0.15, 0.2) is 36.4 Å². The van der Waals surface area contributed by atoms with Crippen molar-refractivity contribution in [2.75, 3.05) is 11.9 Å². The first kappa shape index (κ1) is 16.8. The van der Waals surface area contributed by atoms with Gasteiger partial charge in [0, 0.05) is 17.7 Å². The van der Waals surface area contributed by atoms with Gasteiger partial charge in [-0.15, -0.1) is 0 Å². The molecule has 0 spiro atoms. The number of carbonyl (C=O) groups is 2. The Morgan fingerprint density at radius 1 is 1.28 bits per heavy atom. The Bertz CT molecular complexity index is 838. The van der Waals surface area contributed by atoms with Crippen LogP contribution in [0.25, 0.3) is 0 Å². The molecule has 6 nitrogen and oxygen atoms in total. The zero-order valence-electron chi connectivity index (χ0n) is 13.5. The lowest BCUT2D eigenvalue weighted by Gasteiger charge is -2.27. The minimum absolute atomic E-state index is 0.302. The fraction of sp³-hybridized carbons (Fsp3) is 0.222. The average molecular weight is 344 g/mol. The third kappa shape index (κ3) is 3.55. The molecule has 3 rings (SSSR count). The molecule has 1 aliphatic rings. The average Bonchev–Trinajstić information content (AvgIpc) is 2.57. The molecule has 0 saturated heterocycles. The van der Waals surface area contributed by atoms with Gasteiger partial charge >= 0.3 is 6.09 Å². The van der Waals surface area contributed by atoms with Gasteiger partial charge in [0.15, 0.2) is 0 Å². The Balaban J connectivity index is 1.88. The van der Waals surface area contributed by atoms with Crippen molar-refractivity contribution in [1.29, 1.82) is 0 Å². The molecule has 0 aromatic heterocycles. The zero-order valence-corrected chi connectivity index (χ0v) is 13.5. The molecule has 1 unspecified atom stereocenters. The van der Waals surface area contributed by atoms with Crippen molar-refractivity contribution < 1.29 is 23.8 Å². The minimum Gasteiger partial charge on any atom is -0.492 e. The van der Waals surface area contributed by atoms with Gasteiger partial charge in [0.05, 0.1) is 18.2 Å². The Morgan fingerprint density at radius 3 is 2.80 bits per heavy atom. The number of carboxylic acid groups (broad SMARTS) is 1. The summed E-state index contributed by atoms with van der Waals surface area (Å²) in [6.07, 6.45) is -0.642. The number of anilines is 1. The predicted molar refractivity (Wildman–Crippen MR) is 89.5 cm³/mol. The number of para-hydroxylation sites is 1. The Morgan fingerprint density at radius 2 is 2.08 bits per heavy atom. The second-order valence-corrected chi connectivity index (χ2v) is 5.78. The van der Waals surface area contributed by atoms with Gasteiger partial charge < -0.3 is 20.5 Å². The van der Waals surface area contributed by atoms with Crippen LogP contribution in [0.4, 0.5) is 14.9 Å². The summed E-state index contributed by atoms with van der Waals surface area (Å²) in [7, 11) is 0. The number of benzene rings is 2. The molecule has 130 valence electrons. The van der Waals surface area contributed by atoms with E-state index in [1.54, 1.807) is 25.1 Å². The van der Waals surface area contributed by atoms with Crippen molar-refractivity contribution >= 4 is 17.7 Å². The number of hydrogen-bond donors (Lipinski definition) is 3. The summed E-state index contributed by atoms with van der Waals surface area (Å²) in [5, 5.41) is 14.1. The molecule has 0 saturated carbocycles. The highest BCUT2D eigenvalue weighted by Crippen LogP contribution is 2.35. The Hall–Kier alpha value is -3.09. The first-order valence-electron chi connectivity index (χ1n) is 7.78. The molecule has 1 atom stereocenters. The second-order valence-electron chi connectivity index (χ2n) is 5.78. The molecule has 1 aliphatic heterocycles. The molecule has 3 N–H and O–H groups in total. The summed E-state index contributed by atoms with van der Waals surface area (Å²) in [4.78, 5) is 23.5. The van der Waals surface area contributed by atoms with Crippen LogP contribution in [0.2, 0.25) is 0 Å². The van der Waals surface area contributed by atoms with E-state index in [0.29, 0.717) is 41.2 Å². The van der Waals surface area contributed by atoms with Gasteiger partial charge in [0.1, 0.15) is 11.6 Å². The van der Waals surface area contributed by atoms with Gasteiger partial charge in [-0.05, 0) is 36.8 Å². The monoisotopic (exact) mass is 344 g/mol. The number of ether oxygens (including phenoxy) is 1. The molecular weight excluding hydrogens is 327 g/mol. The smallest absolute Gasteiger partial charge is 0.405 e. The number of fused-ring (bicyclic) bond motifs is 1. The number of nitrogens with one attached hydrogen (secondary N) is 2. The largest absolute Gasteiger partial charge is 0.492 e. The van der Waals surface area contributed by atoms with E-state index in [2.05, 4.69) is 10.6 Å². The van der Waals surface area contributed by atoms with E-state index >= 15 is 0 Å². The van der Waals surface area contributed by atoms with Gasteiger partial charge in [-0.25, -0.2) is 9.18 Å². The standard InChI is InChI=1S/C18H17FN2O4/c1-10-9-11(5-6-14(10)19)20-17(22)13-4-2-3-12-15(21-18(23)24)7-8-25-16(12)13/h2-6,9,15,21H,7-8H2,1H3,(H,20,22)(H,23,24). The van der Waals surface area contributed by atoms with Crippen molar-refractivity contribution in [3.05, 3.63) is 58.9 Å². The van der Waals surface area contributed by atoms with E-state index in [9.17, 15) is 14.0 Å². The minimum atomic E-state index is -1.13. The normalized spacial score (nSPS) is 15.7. The predicted octanol–water partition coefficient (Wildman–Crippen LogP) is 3.48. The van der Waals surface area contributed by atoms with Crippen molar-refractivity contribution in [2.24, 2.45) is 0 Å². The number of aryl methyl sites for hydroxylation is 1. The summed E-state index contributed by atoms with van der Waals surface area (Å²) < 4.78 is 19.0. The zero-order chi connectivity index (χ0) is 18.0. The van der Waals surface area contributed by atoms with Crippen LogP contribution in [0.1, 0.15) is 33.9 Å². The van der Waals surface area contributed by atoms with Crippen LogP contribution in [0.5, 0.6) is 5.75 Å². The first-order valence-corrected chi connectivity index (χ1v) is 7.78. The van der Waals surface area contributed by atoms with E-state index in [0.717, 1.165) is 0 Å². The first-order chi connectivity index (χ1) is 12.0. The van der Waals surface area contributed by atoms with Gasteiger partial charge in [-0.3, -0.25) is 4.79 Å². The van der Waals surface area contributed by atoms with Crippen LogP contribution in [0.3, 0.4) is 0 Å². The maximum Gasteiger partial charge on any atom is 0.405 e. The summed E-state index contributed by atoms with van der Waals surface area (Å²) in [6, 6.07) is 8.89. The summed E-state index contributed by atoms with van der Waals surface area (Å²) in [6.45, 7) is 1.92. The van der Waals surface area contributed by atoms with Crippen LogP contribution in [-0.4, -0.2) is 23.7 Å². The summed E-state index contributed by atoms with van der Waals surface area (Å²) >= 11 is 0. The van der Waals surface area contributed by atoms with Gasteiger partial charge in [-0.1, -0.05) is 12.1 Å². The number of amides is 2. The SMILES string of the molecule is Cc1cc(NC(=O)c2cccc3c2OCCC3NC(=O)O)ccc1F. The molecule has 7 heteroatoms. The second kappa shape index (κ2) is 6.80. The topological polar surface area (TPSA) is 87.7 Å². The highest BCUT2D eigenvalue weighted by Gasteiger charge is 2.27. The lowest BCUT2D eigenvalue weighted by Crippen LogP contribution is -2.31. The van der Waals surface area contributed by atoms with E-state index in [-0.39, 0.29) is 5.82 Å². The number of halogens is 1. The van der Waals surface area contributed by atoms with Crippen LogP contribution < -0.4 is 15.4 Å². The maximum absolute atomic E-state index is 13.3. The highest BCUT2D eigenvalue weighted by atomic mass is 19.1. The molecule has 1 heterocycles. The molecule has 2 aromatic carbocycles. The Labute approximate surface area is 143 Å². The molecule has 2 amide bonds. The number of rotatable bonds is 3. The number of hydrogen-bond acceptors (Lipinski definition) is 3. The third-order valence-corrected chi connectivity index (χ3v) is 4.03. The molecule has 0 aliphatic carbocycles. The van der Waals surface area contributed by atoms with Crippen LogP contribution >= 0.6 is 0 Å². The van der Waals surface area contributed by atoms with Crippen molar-refractivity contribution in [1.82, 2.24) is 5.32 Å². The quantitative estimate of drug-likeness (QED) is 0.795. The summed E-state index contributed by atoms with van der Waals surface area (Å²) in [5.41, 5.74) is 1.82. The Kier molecular flexibility index (Phi) is 4.56. The highest BCUT2D eigenvalue weighted by molar-refractivity contribution is 6.06. The molecule has 25 heavy (non-hydrogen) atoms. The molecule has 2 aromatic rings. The van der Waals surface area contributed by atoms with Gasteiger partial charge in [0.2, 0.25) is 0 Å². The lowest BCUT2D eigenvalue weighted by atomic mass is 9.97. The fourth-order valence-electron chi connectivity index (χ4n) is 2.82. The van der Waals surface area contributed by atoms with Gasteiger partial charge in [-0.2, -0.15) is 0 Å². The maximum atomic E-state index is 13.3. The van der Waals surface area contributed by atoms with E-state index in [4.69, 9.17) is 9.84 Å². The van der Waals surface area contributed by atoms with E-state index in [1.807, 2.05) is 0 Å². The molecule has 0 fully saturated rings. The van der Waals surface area contributed by atoms with E-state index < -0.39 is 18.0 Å². The molecular formula is C18H17FN2O4. The van der Waals surface area contributed by atoms with E-state index in [1.165, 1.54) is 18.2 Å². The van der Waals surface area contributed by atoms with Gasteiger partial charge in [0.25, 0.3) is 5.91 Å².